The van der Waals surface area contributed by atoms with Crippen molar-refractivity contribution in [3.63, 3.8) is 0 Å². The summed E-state index contributed by atoms with van der Waals surface area (Å²) < 4.78 is 0. The summed E-state index contributed by atoms with van der Waals surface area (Å²) in [4.78, 5) is 2.46. The lowest BCUT2D eigenvalue weighted by Gasteiger charge is -2.34. The van der Waals surface area contributed by atoms with Gasteiger partial charge in [-0.05, 0) is 113 Å². The van der Waals surface area contributed by atoms with Crippen LogP contribution < -0.4 is 4.90 Å². The molecular formula is C59H39N. The predicted octanol–water partition coefficient (Wildman–Crippen LogP) is 15.7. The molecule has 0 aliphatic heterocycles. The van der Waals surface area contributed by atoms with E-state index < -0.39 is 5.41 Å². The lowest BCUT2D eigenvalue weighted by atomic mass is 9.68. The molecule has 280 valence electrons. The van der Waals surface area contributed by atoms with Crippen molar-refractivity contribution in [2.45, 2.75) is 5.41 Å². The van der Waals surface area contributed by atoms with Crippen molar-refractivity contribution < 1.29 is 0 Å². The highest BCUT2D eigenvalue weighted by molar-refractivity contribution is 6.18. The molecule has 0 saturated carbocycles. The van der Waals surface area contributed by atoms with Crippen LogP contribution >= 0.6 is 0 Å². The van der Waals surface area contributed by atoms with E-state index in [1.165, 1.54) is 88.7 Å². The van der Waals surface area contributed by atoms with Gasteiger partial charge >= 0.3 is 0 Å². The third-order valence-corrected chi connectivity index (χ3v) is 12.9. The monoisotopic (exact) mass is 761 g/mol. The van der Waals surface area contributed by atoms with Gasteiger partial charge in [0.2, 0.25) is 0 Å². The van der Waals surface area contributed by atoms with Gasteiger partial charge in [0.25, 0.3) is 0 Å². The van der Waals surface area contributed by atoms with Crippen LogP contribution in [0.2, 0.25) is 0 Å². The van der Waals surface area contributed by atoms with Gasteiger partial charge in [0.05, 0.1) is 11.1 Å². The van der Waals surface area contributed by atoms with Crippen LogP contribution in [0.15, 0.2) is 237 Å². The third-order valence-electron chi connectivity index (χ3n) is 12.9. The smallest absolute Gasteiger partial charge is 0.0714 e. The number of benzene rings is 10. The van der Waals surface area contributed by atoms with E-state index in [1.807, 2.05) is 0 Å². The Labute approximate surface area is 351 Å². The van der Waals surface area contributed by atoms with Gasteiger partial charge in [-0.3, -0.25) is 0 Å². The Balaban J connectivity index is 1.06. The molecule has 60 heavy (non-hydrogen) atoms. The molecule has 0 radical (unpaired) electrons. The summed E-state index contributed by atoms with van der Waals surface area (Å²) in [6.07, 6.45) is 0. The first-order chi connectivity index (χ1) is 29.8. The van der Waals surface area contributed by atoms with Crippen molar-refractivity contribution in [2.24, 2.45) is 0 Å². The standard InChI is InChI=1S/C59H39N/c1-4-16-40(17-5-1)41-30-34-45(35-31-41)60(46-36-32-42(33-37-46)47-38-39-52-49-23-11-10-22-48(49)51-26-14-25-50(47)57(51)52)56-29-15-28-55-58(56)53-24-12-13-27-54(53)59(55,43-18-6-2-7-19-43)44-20-8-3-9-21-44/h1-39H. The largest absolute Gasteiger partial charge is 0.310 e. The molecule has 0 spiro atoms. The molecular weight excluding hydrogens is 723 g/mol. The molecule has 2 aliphatic carbocycles. The second kappa shape index (κ2) is 13.7. The number of nitrogens with zero attached hydrogens (tertiary/aromatic N) is 1. The van der Waals surface area contributed by atoms with Gasteiger partial charge in [-0.1, -0.05) is 206 Å². The Hall–Kier alpha value is -7.74. The molecule has 1 nitrogen and oxygen atoms in total. The Kier molecular flexibility index (Phi) is 7.83. The molecule has 0 amide bonds. The summed E-state index contributed by atoms with van der Waals surface area (Å²) >= 11 is 0. The molecule has 0 saturated heterocycles. The average Bonchev–Trinajstić information content (AvgIpc) is 3.83. The zero-order valence-corrected chi connectivity index (χ0v) is 33.0. The van der Waals surface area contributed by atoms with E-state index in [0.29, 0.717) is 0 Å². The predicted molar refractivity (Wildman–Crippen MR) is 251 cm³/mol. The normalized spacial score (nSPS) is 12.8. The summed E-state index contributed by atoms with van der Waals surface area (Å²) in [5.41, 5.74) is 20.6. The van der Waals surface area contributed by atoms with Crippen molar-refractivity contribution in [1.82, 2.24) is 0 Å². The maximum absolute atomic E-state index is 2.46. The van der Waals surface area contributed by atoms with Crippen molar-refractivity contribution in [3.8, 4) is 55.6 Å². The Morgan fingerprint density at radius 2 is 0.750 bits per heavy atom. The Bertz CT molecular complexity index is 3150. The quantitative estimate of drug-likeness (QED) is 0.156. The maximum Gasteiger partial charge on any atom is 0.0714 e. The fraction of sp³-hybridized carbons (Fsp3) is 0.0169. The second-order valence-electron chi connectivity index (χ2n) is 16.0. The lowest BCUT2D eigenvalue weighted by molar-refractivity contribution is 0.768. The van der Waals surface area contributed by atoms with Gasteiger partial charge in [0, 0.05) is 16.9 Å². The summed E-state index contributed by atoms with van der Waals surface area (Å²) in [6, 6.07) is 87.2. The number of hydrogen-bond donors (Lipinski definition) is 0. The Morgan fingerprint density at radius 3 is 1.40 bits per heavy atom. The first kappa shape index (κ1) is 34.3. The Morgan fingerprint density at radius 1 is 0.283 bits per heavy atom. The molecule has 0 unspecified atom stereocenters. The SMILES string of the molecule is c1ccc(-c2ccc(N(c3ccc(-c4ccc5c6c(cccc46)-c4ccccc4-5)cc3)c3cccc4c3-c3ccccc3C4(c3ccccc3)c3ccccc3)cc2)cc1. The van der Waals surface area contributed by atoms with Crippen molar-refractivity contribution in [1.29, 1.82) is 0 Å². The van der Waals surface area contributed by atoms with Crippen LogP contribution in [0.5, 0.6) is 0 Å². The van der Waals surface area contributed by atoms with Gasteiger partial charge in [-0.2, -0.15) is 0 Å². The number of rotatable bonds is 7. The maximum atomic E-state index is 2.46. The van der Waals surface area contributed by atoms with E-state index in [1.54, 1.807) is 0 Å². The second-order valence-corrected chi connectivity index (χ2v) is 16.0. The van der Waals surface area contributed by atoms with E-state index in [-0.39, 0.29) is 0 Å². The molecule has 0 heterocycles. The number of hydrogen-bond acceptors (Lipinski definition) is 1. The van der Waals surface area contributed by atoms with Crippen LogP contribution in [0.1, 0.15) is 22.3 Å². The average molecular weight is 762 g/mol. The minimum Gasteiger partial charge on any atom is -0.310 e. The fourth-order valence-corrected chi connectivity index (χ4v) is 10.4. The van der Waals surface area contributed by atoms with Gasteiger partial charge in [-0.15, -0.1) is 0 Å². The van der Waals surface area contributed by atoms with Gasteiger partial charge in [-0.25, -0.2) is 0 Å². The van der Waals surface area contributed by atoms with E-state index in [4.69, 9.17) is 0 Å². The van der Waals surface area contributed by atoms with Crippen LogP contribution in [0.3, 0.4) is 0 Å². The lowest BCUT2D eigenvalue weighted by Crippen LogP contribution is -2.28. The molecule has 0 atom stereocenters. The highest BCUT2D eigenvalue weighted by atomic mass is 15.1. The molecule has 0 N–H and O–H groups in total. The highest BCUT2D eigenvalue weighted by Gasteiger charge is 2.47. The molecule has 10 aromatic rings. The number of anilines is 3. The van der Waals surface area contributed by atoms with E-state index in [0.717, 1.165) is 17.1 Å². The van der Waals surface area contributed by atoms with Gasteiger partial charge in [0.1, 0.15) is 0 Å². The van der Waals surface area contributed by atoms with Crippen molar-refractivity contribution in [2.75, 3.05) is 4.90 Å². The van der Waals surface area contributed by atoms with Crippen LogP contribution in [-0.2, 0) is 5.41 Å². The molecule has 12 rings (SSSR count). The van der Waals surface area contributed by atoms with Crippen LogP contribution in [0, 0.1) is 0 Å². The fourth-order valence-electron chi connectivity index (χ4n) is 10.4. The van der Waals surface area contributed by atoms with Gasteiger partial charge in [0.15, 0.2) is 0 Å². The molecule has 2 aliphatic rings. The summed E-state index contributed by atoms with van der Waals surface area (Å²) in [6.45, 7) is 0. The third kappa shape index (κ3) is 5.06. The molecule has 1 heteroatoms. The molecule has 10 aromatic carbocycles. The topological polar surface area (TPSA) is 3.24 Å². The van der Waals surface area contributed by atoms with Crippen LogP contribution in [-0.4, -0.2) is 0 Å². The zero-order valence-electron chi connectivity index (χ0n) is 33.0. The number of fused-ring (bicyclic) bond motifs is 6. The first-order valence-electron chi connectivity index (χ1n) is 20.8. The van der Waals surface area contributed by atoms with Crippen molar-refractivity contribution >= 4 is 27.8 Å². The summed E-state index contributed by atoms with van der Waals surface area (Å²) in [5, 5.41) is 2.64. The van der Waals surface area contributed by atoms with Crippen LogP contribution in [0.4, 0.5) is 17.1 Å². The van der Waals surface area contributed by atoms with E-state index in [2.05, 4.69) is 241 Å². The minimum atomic E-state index is -0.493. The molecule has 0 aromatic heterocycles. The van der Waals surface area contributed by atoms with Crippen molar-refractivity contribution in [3.05, 3.63) is 259 Å². The molecule has 0 bridgehead atoms. The zero-order chi connectivity index (χ0) is 39.6. The van der Waals surface area contributed by atoms with E-state index in [9.17, 15) is 0 Å². The minimum absolute atomic E-state index is 0.493. The van der Waals surface area contributed by atoms with E-state index >= 15 is 0 Å². The first-order valence-corrected chi connectivity index (χ1v) is 20.8. The molecule has 0 fully saturated rings. The van der Waals surface area contributed by atoms with Gasteiger partial charge < -0.3 is 4.90 Å². The van der Waals surface area contributed by atoms with Crippen LogP contribution in [0.25, 0.3) is 66.4 Å². The summed E-state index contributed by atoms with van der Waals surface area (Å²) in [7, 11) is 0. The highest BCUT2D eigenvalue weighted by Crippen LogP contribution is 2.59. The summed E-state index contributed by atoms with van der Waals surface area (Å²) in [5.74, 6) is 0.